The molecule has 0 spiro atoms. The smallest absolute Gasteiger partial charge is 0.377 e. The predicted octanol–water partition coefficient (Wildman–Crippen LogP) is 4.31. The fourth-order valence-corrected chi connectivity index (χ4v) is 2.67. The number of hydrogen-bond donors (Lipinski definition) is 1. The van der Waals surface area contributed by atoms with Gasteiger partial charge in [0.2, 0.25) is 0 Å². The summed E-state index contributed by atoms with van der Waals surface area (Å²) in [7, 11) is 0. The second-order valence-corrected chi connectivity index (χ2v) is 6.92. The number of benzene rings is 1. The largest absolute Gasteiger partial charge is 0.475 e. The molecule has 0 radical (unpaired) electrons. The van der Waals surface area contributed by atoms with Crippen LogP contribution >= 0.6 is 23.4 Å². The zero-order valence-electron chi connectivity index (χ0n) is 12.6. The first kappa shape index (κ1) is 18.3. The van der Waals surface area contributed by atoms with E-state index in [1.807, 2.05) is 26.8 Å². The highest BCUT2D eigenvalue weighted by Crippen LogP contribution is 2.31. The van der Waals surface area contributed by atoms with E-state index < -0.39 is 11.8 Å². The summed E-state index contributed by atoms with van der Waals surface area (Å²) in [4.78, 5) is 23.0. The lowest BCUT2D eigenvalue weighted by Crippen LogP contribution is -2.13. The van der Waals surface area contributed by atoms with Gasteiger partial charge in [0, 0.05) is 21.6 Å². The highest BCUT2D eigenvalue weighted by molar-refractivity contribution is 7.99. The molecule has 0 aromatic heterocycles. The lowest BCUT2D eigenvalue weighted by atomic mass is 9.98. The Bertz CT molecular complexity index is 661. The molecule has 3 nitrogen and oxygen atoms in total. The first-order valence-electron chi connectivity index (χ1n) is 6.59. The van der Waals surface area contributed by atoms with Crippen molar-refractivity contribution in [1.82, 2.24) is 0 Å². The molecule has 5 heteroatoms. The van der Waals surface area contributed by atoms with Crippen LogP contribution in [-0.2, 0) is 4.79 Å². The van der Waals surface area contributed by atoms with Crippen LogP contribution in [0.4, 0.5) is 0 Å². The zero-order chi connectivity index (χ0) is 16.8. The van der Waals surface area contributed by atoms with Gasteiger partial charge in [-0.05, 0) is 39.0 Å². The second-order valence-electron chi connectivity index (χ2n) is 5.48. The molecule has 0 aliphatic rings. The van der Waals surface area contributed by atoms with Gasteiger partial charge in [0.1, 0.15) is 0 Å². The maximum atomic E-state index is 11.7. The van der Waals surface area contributed by atoms with E-state index in [0.717, 1.165) is 0 Å². The van der Waals surface area contributed by atoms with Crippen LogP contribution in [0.25, 0.3) is 0 Å². The Hall–Kier alpha value is -1.70. The SMILES string of the molecule is CC(C)(C)C#C/C=C/CSc1c(Cl)cccc1C(=O)C(=O)O. The molecule has 0 saturated heterocycles. The molecule has 0 aliphatic heterocycles. The summed E-state index contributed by atoms with van der Waals surface area (Å²) in [5.41, 5.74) is 0.0561. The molecule has 0 atom stereocenters. The zero-order valence-corrected chi connectivity index (χ0v) is 14.2. The molecule has 0 amide bonds. The summed E-state index contributed by atoms with van der Waals surface area (Å²) in [6.07, 6.45) is 3.59. The van der Waals surface area contributed by atoms with E-state index in [1.54, 1.807) is 18.2 Å². The topological polar surface area (TPSA) is 54.4 Å². The molecule has 0 heterocycles. The molecule has 22 heavy (non-hydrogen) atoms. The molecular weight excluding hydrogens is 320 g/mol. The van der Waals surface area contributed by atoms with Crippen LogP contribution in [-0.4, -0.2) is 22.6 Å². The van der Waals surface area contributed by atoms with E-state index in [1.165, 1.54) is 17.8 Å². The Morgan fingerprint density at radius 1 is 1.36 bits per heavy atom. The summed E-state index contributed by atoms with van der Waals surface area (Å²) in [5.74, 6) is 4.11. The van der Waals surface area contributed by atoms with E-state index in [-0.39, 0.29) is 11.0 Å². The minimum atomic E-state index is -1.49. The molecule has 0 unspecified atom stereocenters. The van der Waals surface area contributed by atoms with Gasteiger partial charge in [0.25, 0.3) is 5.78 Å². The third-order valence-electron chi connectivity index (χ3n) is 2.38. The van der Waals surface area contributed by atoms with Gasteiger partial charge in [-0.2, -0.15) is 0 Å². The van der Waals surface area contributed by atoms with Gasteiger partial charge in [0.15, 0.2) is 0 Å². The number of Topliss-reactive ketones (excluding diaryl/α,β-unsaturated/α-hetero) is 1. The van der Waals surface area contributed by atoms with Crippen molar-refractivity contribution in [2.75, 3.05) is 5.75 Å². The molecule has 0 aliphatic carbocycles. The molecule has 0 saturated carbocycles. The average molecular weight is 337 g/mol. The summed E-state index contributed by atoms with van der Waals surface area (Å²) >= 11 is 7.37. The van der Waals surface area contributed by atoms with E-state index >= 15 is 0 Å². The van der Waals surface area contributed by atoms with E-state index in [2.05, 4.69) is 11.8 Å². The number of halogens is 1. The Morgan fingerprint density at radius 3 is 2.64 bits per heavy atom. The number of carbonyl (C=O) groups excluding carboxylic acids is 1. The molecule has 0 fully saturated rings. The Balaban J connectivity index is 2.82. The normalized spacial score (nSPS) is 11.1. The van der Waals surface area contributed by atoms with Gasteiger partial charge >= 0.3 is 5.97 Å². The fraction of sp³-hybridized carbons (Fsp3) is 0.294. The van der Waals surface area contributed by atoms with Crippen LogP contribution in [0.5, 0.6) is 0 Å². The van der Waals surface area contributed by atoms with Gasteiger partial charge in [-0.25, -0.2) is 4.79 Å². The van der Waals surface area contributed by atoms with Gasteiger partial charge in [-0.1, -0.05) is 35.6 Å². The monoisotopic (exact) mass is 336 g/mol. The van der Waals surface area contributed by atoms with Gasteiger partial charge in [-0.15, -0.1) is 11.8 Å². The Labute approximate surface area is 139 Å². The maximum absolute atomic E-state index is 11.7. The number of carbonyl (C=O) groups is 2. The molecule has 0 bridgehead atoms. The molecule has 1 rings (SSSR count). The minimum absolute atomic E-state index is 0.0543. The van der Waals surface area contributed by atoms with Crippen LogP contribution in [0.2, 0.25) is 5.02 Å². The lowest BCUT2D eigenvalue weighted by molar-refractivity contribution is -0.131. The Morgan fingerprint density at radius 2 is 2.05 bits per heavy atom. The number of carboxylic acids is 1. The average Bonchev–Trinajstić information content (AvgIpc) is 2.41. The van der Waals surface area contributed by atoms with E-state index in [4.69, 9.17) is 16.7 Å². The van der Waals surface area contributed by atoms with Crippen LogP contribution in [0.15, 0.2) is 35.2 Å². The highest BCUT2D eigenvalue weighted by Gasteiger charge is 2.20. The lowest BCUT2D eigenvalue weighted by Gasteiger charge is -2.07. The van der Waals surface area contributed by atoms with Crippen molar-refractivity contribution in [3.63, 3.8) is 0 Å². The van der Waals surface area contributed by atoms with Crippen LogP contribution in [0, 0.1) is 17.3 Å². The van der Waals surface area contributed by atoms with Crippen LogP contribution in [0.3, 0.4) is 0 Å². The van der Waals surface area contributed by atoms with Crippen molar-refractivity contribution < 1.29 is 14.7 Å². The first-order valence-corrected chi connectivity index (χ1v) is 7.95. The van der Waals surface area contributed by atoms with Crippen molar-refractivity contribution in [3.8, 4) is 11.8 Å². The van der Waals surface area contributed by atoms with Gasteiger partial charge < -0.3 is 5.11 Å². The molecule has 1 N–H and O–H groups in total. The van der Waals surface area contributed by atoms with Crippen LogP contribution < -0.4 is 0 Å². The van der Waals surface area contributed by atoms with Crippen LogP contribution in [0.1, 0.15) is 31.1 Å². The van der Waals surface area contributed by atoms with Crippen molar-refractivity contribution in [2.24, 2.45) is 5.41 Å². The summed E-state index contributed by atoms with van der Waals surface area (Å²) < 4.78 is 0. The molecule has 1 aromatic carbocycles. The number of ketones is 1. The number of rotatable bonds is 5. The van der Waals surface area contributed by atoms with Gasteiger partial charge in [-0.3, -0.25) is 4.79 Å². The predicted molar refractivity (Wildman–Crippen MR) is 90.5 cm³/mol. The van der Waals surface area contributed by atoms with Gasteiger partial charge in [0.05, 0.1) is 5.02 Å². The van der Waals surface area contributed by atoms with Crippen molar-refractivity contribution in [1.29, 1.82) is 0 Å². The number of thioether (sulfide) groups is 1. The van der Waals surface area contributed by atoms with Crippen molar-refractivity contribution >= 4 is 35.1 Å². The third-order valence-corrected chi connectivity index (χ3v) is 3.89. The molecule has 116 valence electrons. The first-order chi connectivity index (χ1) is 10.2. The maximum Gasteiger partial charge on any atom is 0.377 e. The van der Waals surface area contributed by atoms with Crippen molar-refractivity contribution in [2.45, 2.75) is 25.7 Å². The van der Waals surface area contributed by atoms with E-state index in [0.29, 0.717) is 15.7 Å². The quantitative estimate of drug-likeness (QED) is 0.377. The Kier molecular flexibility index (Phi) is 6.73. The number of allylic oxidation sites excluding steroid dienone is 1. The molecule has 1 aromatic rings. The number of hydrogen-bond acceptors (Lipinski definition) is 3. The highest BCUT2D eigenvalue weighted by atomic mass is 35.5. The fourth-order valence-electron chi connectivity index (χ4n) is 1.45. The summed E-state index contributed by atoms with van der Waals surface area (Å²) in [6, 6.07) is 4.66. The third kappa shape index (κ3) is 5.97. The summed E-state index contributed by atoms with van der Waals surface area (Å²) in [5, 5.41) is 9.20. The minimum Gasteiger partial charge on any atom is -0.475 e. The van der Waals surface area contributed by atoms with Crippen molar-refractivity contribution in [3.05, 3.63) is 40.9 Å². The standard InChI is InChI=1S/C17H17ClO3S/c1-17(2,3)10-5-4-6-11-22-15-12(14(19)16(20)21)8-7-9-13(15)18/h4,6-9H,11H2,1-3H3,(H,20,21)/b6-4+. The number of aliphatic carboxylic acids is 1. The summed E-state index contributed by atoms with van der Waals surface area (Å²) in [6.45, 7) is 6.07. The second kappa shape index (κ2) is 8.07. The molecular formula is C17H17ClO3S. The number of carboxylic acid groups (broad SMARTS) is 1. The van der Waals surface area contributed by atoms with E-state index in [9.17, 15) is 9.59 Å².